The molecule has 0 aliphatic heterocycles. The molecule has 0 amide bonds. The van der Waals surface area contributed by atoms with Crippen molar-refractivity contribution in [2.24, 2.45) is 0 Å². The van der Waals surface area contributed by atoms with E-state index in [1.807, 2.05) is 0 Å². The maximum atomic E-state index is 8.17. The molecule has 0 aromatic heterocycles. The van der Waals surface area contributed by atoms with Gasteiger partial charge in [0.15, 0.2) is 0 Å². The fraction of sp³-hybridized carbons (Fsp3) is 1.00. The predicted octanol–water partition coefficient (Wildman–Crippen LogP) is -1.44. The molecule has 0 saturated carbocycles. The number of aliphatic hydroxyl groups is 4. The molecule has 0 aromatic carbocycles. The van der Waals surface area contributed by atoms with Gasteiger partial charge in [0.05, 0.1) is 6.42 Å². The molecule has 0 saturated heterocycles. The first-order chi connectivity index (χ1) is 3.42. The minimum atomic E-state index is -2.86. The normalized spacial score (nSPS) is 16.1. The number of alkyl halides is 1. The van der Waals surface area contributed by atoms with Crippen LogP contribution in [0, 0.1) is 0 Å². The van der Waals surface area contributed by atoms with Crippen LogP contribution in [0.1, 0.15) is 6.42 Å². The summed E-state index contributed by atoms with van der Waals surface area (Å²) in [4.78, 5) is 0. The quantitative estimate of drug-likeness (QED) is 0.281. The van der Waals surface area contributed by atoms with Crippen LogP contribution < -0.4 is 0 Å². The van der Waals surface area contributed by atoms with E-state index in [1.54, 1.807) is 0 Å². The largest absolute Gasteiger partial charge is 0.377 e. The highest BCUT2D eigenvalue weighted by molar-refractivity contribution is 6.19. The van der Waals surface area contributed by atoms with Gasteiger partial charge in [0, 0.05) is 0 Å². The summed E-state index contributed by atoms with van der Waals surface area (Å²) in [6.45, 7) is 0. The molecule has 0 aliphatic carbocycles. The van der Waals surface area contributed by atoms with Crippen LogP contribution in [0.2, 0.25) is 0 Å². The highest BCUT2D eigenvalue weighted by Crippen LogP contribution is 2.06. The zero-order valence-corrected chi connectivity index (χ0v) is 4.71. The Kier molecular flexibility index (Phi) is 2.65. The van der Waals surface area contributed by atoms with Crippen LogP contribution in [0.3, 0.4) is 0 Å². The van der Waals surface area contributed by atoms with Crippen molar-refractivity contribution < 1.29 is 20.4 Å². The van der Waals surface area contributed by atoms with Gasteiger partial charge in [-0.3, -0.25) is 0 Å². The Morgan fingerprint density at radius 1 is 1.38 bits per heavy atom. The Balaban J connectivity index is 3.39. The summed E-state index contributed by atoms with van der Waals surface area (Å²) in [5, 5.41) is 32.3. The molecule has 5 heteroatoms. The highest BCUT2D eigenvalue weighted by Gasteiger charge is 2.21. The molecule has 50 valence electrons. The molecule has 4 nitrogen and oxygen atoms in total. The zero-order chi connectivity index (χ0) is 6.78. The van der Waals surface area contributed by atoms with Crippen molar-refractivity contribution in [2.45, 2.75) is 18.0 Å². The molecule has 0 radical (unpaired) electrons. The smallest absolute Gasteiger partial charge is 0.279 e. The van der Waals surface area contributed by atoms with Gasteiger partial charge >= 0.3 is 0 Å². The second-order valence-corrected chi connectivity index (χ2v) is 1.92. The summed E-state index contributed by atoms with van der Waals surface area (Å²) in [7, 11) is 0. The molecule has 0 aromatic rings. The zero-order valence-electron chi connectivity index (χ0n) is 3.95. The van der Waals surface area contributed by atoms with E-state index in [1.165, 1.54) is 0 Å². The van der Waals surface area contributed by atoms with E-state index >= 15 is 0 Å². The fourth-order valence-electron chi connectivity index (χ4n) is 0.226. The van der Waals surface area contributed by atoms with E-state index in [2.05, 4.69) is 0 Å². The van der Waals surface area contributed by atoms with Gasteiger partial charge in [0.25, 0.3) is 5.97 Å². The molecule has 0 bridgehead atoms. The van der Waals surface area contributed by atoms with Crippen molar-refractivity contribution in [3.8, 4) is 0 Å². The Morgan fingerprint density at radius 3 is 1.75 bits per heavy atom. The molecule has 0 rings (SSSR count). The van der Waals surface area contributed by atoms with Crippen molar-refractivity contribution in [2.75, 3.05) is 0 Å². The summed E-state index contributed by atoms with van der Waals surface area (Å²) >= 11 is 4.84. The van der Waals surface area contributed by atoms with Gasteiger partial charge in [-0.15, -0.1) is 0 Å². The number of hydrogen-bond donors (Lipinski definition) is 4. The molecule has 0 aliphatic rings. The van der Waals surface area contributed by atoms with Crippen LogP contribution in [-0.4, -0.2) is 32.0 Å². The average Bonchev–Trinajstić information content (AvgIpc) is 1.21. The summed E-state index contributed by atoms with van der Waals surface area (Å²) < 4.78 is 0. The maximum Gasteiger partial charge on any atom is 0.279 e. The Morgan fingerprint density at radius 2 is 1.75 bits per heavy atom. The monoisotopic (exact) mass is 142 g/mol. The molecular formula is C3H7ClO4. The molecule has 4 N–H and O–H groups in total. The third-order valence-electron chi connectivity index (χ3n) is 0.442. The molecule has 0 fully saturated rings. The lowest BCUT2D eigenvalue weighted by atomic mass is 10.4. The molecule has 1 atom stereocenters. The molecule has 0 spiro atoms. The Hall–Kier alpha value is 0.130. The van der Waals surface area contributed by atoms with Crippen molar-refractivity contribution in [3.63, 3.8) is 0 Å². The second kappa shape index (κ2) is 2.61. The number of halogens is 1. The van der Waals surface area contributed by atoms with Crippen LogP contribution in [-0.2, 0) is 0 Å². The van der Waals surface area contributed by atoms with Crippen LogP contribution in [0.25, 0.3) is 0 Å². The van der Waals surface area contributed by atoms with Gasteiger partial charge < -0.3 is 20.4 Å². The third kappa shape index (κ3) is 6.13. The van der Waals surface area contributed by atoms with E-state index in [-0.39, 0.29) is 0 Å². The van der Waals surface area contributed by atoms with Gasteiger partial charge in [-0.05, 0) is 0 Å². The third-order valence-corrected chi connectivity index (χ3v) is 0.597. The highest BCUT2D eigenvalue weighted by atomic mass is 35.5. The van der Waals surface area contributed by atoms with Crippen LogP contribution in [0.5, 0.6) is 0 Å². The van der Waals surface area contributed by atoms with E-state index in [9.17, 15) is 0 Å². The van der Waals surface area contributed by atoms with Crippen LogP contribution >= 0.6 is 11.6 Å². The number of rotatable bonds is 2. The lowest BCUT2D eigenvalue weighted by molar-refractivity contribution is -0.318. The first kappa shape index (κ1) is 8.13. The van der Waals surface area contributed by atoms with Crippen LogP contribution in [0.15, 0.2) is 0 Å². The van der Waals surface area contributed by atoms with Crippen molar-refractivity contribution in [1.29, 1.82) is 0 Å². The van der Waals surface area contributed by atoms with Gasteiger partial charge in [-0.25, -0.2) is 0 Å². The lowest BCUT2D eigenvalue weighted by Gasteiger charge is -2.13. The molecular weight excluding hydrogens is 135 g/mol. The molecule has 0 heterocycles. The van der Waals surface area contributed by atoms with Gasteiger partial charge in [0.2, 0.25) is 0 Å². The summed E-state index contributed by atoms with van der Waals surface area (Å²) in [6, 6.07) is 0. The van der Waals surface area contributed by atoms with E-state index in [0.29, 0.717) is 0 Å². The fourth-order valence-corrected chi connectivity index (χ4v) is 0.433. The minimum absolute atomic E-state index is 0.686. The lowest BCUT2D eigenvalue weighted by Crippen LogP contribution is -2.30. The number of hydrogen-bond acceptors (Lipinski definition) is 4. The van der Waals surface area contributed by atoms with E-state index in [4.69, 9.17) is 32.0 Å². The summed E-state index contributed by atoms with van der Waals surface area (Å²) in [5.74, 6) is -2.86. The van der Waals surface area contributed by atoms with Crippen molar-refractivity contribution >= 4 is 11.6 Å². The predicted molar refractivity (Wildman–Crippen MR) is 25.9 cm³/mol. The summed E-state index contributed by atoms with van der Waals surface area (Å²) in [6.07, 6.45) is -0.686. The molecule has 1 unspecified atom stereocenters. The molecule has 8 heavy (non-hydrogen) atoms. The first-order valence-electron chi connectivity index (χ1n) is 1.91. The van der Waals surface area contributed by atoms with Crippen LogP contribution in [0.4, 0.5) is 0 Å². The standard InChI is InChI=1S/C3H7ClO4/c4-2(5)1-3(6,7)8/h2,5-8H,1H2. The van der Waals surface area contributed by atoms with E-state index in [0.717, 1.165) is 0 Å². The van der Waals surface area contributed by atoms with Gasteiger partial charge in [0.1, 0.15) is 5.56 Å². The number of aliphatic hydroxyl groups excluding tert-OH is 1. The topological polar surface area (TPSA) is 80.9 Å². The minimum Gasteiger partial charge on any atom is -0.377 e. The Labute approximate surface area is 50.9 Å². The maximum absolute atomic E-state index is 8.17. The van der Waals surface area contributed by atoms with Crippen molar-refractivity contribution in [1.82, 2.24) is 0 Å². The van der Waals surface area contributed by atoms with Gasteiger partial charge in [-0.1, -0.05) is 11.6 Å². The van der Waals surface area contributed by atoms with Gasteiger partial charge in [-0.2, -0.15) is 0 Å². The summed E-state index contributed by atoms with van der Waals surface area (Å²) in [5.41, 5.74) is -1.44. The Bertz CT molecular complexity index is 66.2. The van der Waals surface area contributed by atoms with E-state index < -0.39 is 18.0 Å². The SMILES string of the molecule is OC(Cl)CC(O)(O)O. The second-order valence-electron chi connectivity index (χ2n) is 1.41. The first-order valence-corrected chi connectivity index (χ1v) is 2.35. The van der Waals surface area contributed by atoms with Crippen molar-refractivity contribution in [3.05, 3.63) is 0 Å². The average molecular weight is 143 g/mol.